The molecule has 184 valence electrons. The lowest BCUT2D eigenvalue weighted by Gasteiger charge is -2.30. The second kappa shape index (κ2) is 10.6. The van der Waals surface area contributed by atoms with Crippen LogP contribution >= 0.6 is 0 Å². The third-order valence-electron chi connectivity index (χ3n) is 6.10. The number of benzene rings is 2. The molecular weight excluding hydrogens is 430 g/mol. The lowest BCUT2D eigenvalue weighted by molar-refractivity contribution is -0.160. The lowest BCUT2D eigenvalue weighted by atomic mass is 9.86. The zero-order valence-corrected chi connectivity index (χ0v) is 21.2. The molecule has 2 N–H and O–H groups in total. The summed E-state index contributed by atoms with van der Waals surface area (Å²) in [4.78, 5) is 25.3. The molecule has 0 aliphatic carbocycles. The maximum atomic E-state index is 12.8. The van der Waals surface area contributed by atoms with Gasteiger partial charge in [0.15, 0.2) is 6.10 Å². The van der Waals surface area contributed by atoms with E-state index in [4.69, 9.17) is 9.47 Å². The summed E-state index contributed by atoms with van der Waals surface area (Å²) in [5, 5.41) is 13.3. The van der Waals surface area contributed by atoms with Gasteiger partial charge in [-0.2, -0.15) is 0 Å². The summed E-state index contributed by atoms with van der Waals surface area (Å²) in [6.45, 7) is 11.8. The monoisotopic (exact) mass is 467 g/mol. The molecule has 1 amide bonds. The second-order valence-corrected chi connectivity index (χ2v) is 10.1. The van der Waals surface area contributed by atoms with E-state index in [1.54, 1.807) is 0 Å². The Morgan fingerprint density at radius 2 is 1.68 bits per heavy atom. The van der Waals surface area contributed by atoms with Gasteiger partial charge in [-0.05, 0) is 71.1 Å². The van der Waals surface area contributed by atoms with E-state index in [0.717, 1.165) is 47.9 Å². The summed E-state index contributed by atoms with van der Waals surface area (Å²) >= 11 is 0. The molecule has 34 heavy (non-hydrogen) atoms. The van der Waals surface area contributed by atoms with E-state index < -0.39 is 17.7 Å². The lowest BCUT2D eigenvalue weighted by Crippen LogP contribution is -2.29. The van der Waals surface area contributed by atoms with Gasteiger partial charge in [-0.1, -0.05) is 42.7 Å². The van der Waals surface area contributed by atoms with Crippen LogP contribution in [-0.4, -0.2) is 29.2 Å². The number of hydrogen-bond acceptors (Lipinski definition) is 4. The molecule has 0 unspecified atom stereocenters. The first kappa shape index (κ1) is 25.8. The van der Waals surface area contributed by atoms with E-state index in [9.17, 15) is 14.7 Å². The van der Waals surface area contributed by atoms with Crippen molar-refractivity contribution in [1.29, 1.82) is 0 Å². The number of aryl methyl sites for hydroxylation is 1. The van der Waals surface area contributed by atoms with E-state index in [-0.39, 0.29) is 5.91 Å². The van der Waals surface area contributed by atoms with Crippen molar-refractivity contribution in [1.82, 2.24) is 0 Å². The summed E-state index contributed by atoms with van der Waals surface area (Å²) in [5.41, 5.74) is 4.61. The van der Waals surface area contributed by atoms with E-state index >= 15 is 0 Å². The van der Waals surface area contributed by atoms with Gasteiger partial charge in [0.25, 0.3) is 0 Å². The first-order chi connectivity index (χ1) is 16.0. The number of nitrogens with one attached hydrogen (secondary N) is 1. The molecule has 1 aliphatic heterocycles. The Hall–Kier alpha value is -2.86. The standard InChI is InChI=1S/C28H37NO5/c1-17-12-14-20(15-13-17)22-19(3)25-24(29-21(30)11-9-7-8-10-16-33-25)18(2)23(22)26(27(31)32)34-28(4,5)6/h12-15,26H,7-11,16H2,1-6H3,(H,29,30)(H,31,32)/t26-/m0/s1. The molecule has 2 aromatic rings. The Balaban J connectivity index is 2.34. The SMILES string of the molecule is Cc1ccc(-c2c(C)c3c(c(C)c2[C@H](OC(C)(C)C)C(=O)O)NC(=O)CCCCCCO3)cc1. The molecule has 0 radical (unpaired) electrons. The molecule has 0 fully saturated rings. The number of carbonyl (C=O) groups excluding carboxylic acids is 1. The summed E-state index contributed by atoms with van der Waals surface area (Å²) < 4.78 is 12.4. The number of carbonyl (C=O) groups is 2. The normalized spacial score (nSPS) is 16.0. The van der Waals surface area contributed by atoms with Gasteiger partial charge >= 0.3 is 5.97 Å². The van der Waals surface area contributed by atoms with Crippen LogP contribution in [0.25, 0.3) is 11.1 Å². The molecule has 0 saturated heterocycles. The van der Waals surface area contributed by atoms with Gasteiger partial charge in [0, 0.05) is 17.5 Å². The number of aliphatic carboxylic acids is 1. The number of carboxylic acid groups (broad SMARTS) is 1. The number of anilines is 1. The molecule has 3 rings (SSSR count). The molecule has 6 heteroatoms. The number of fused-ring (bicyclic) bond motifs is 1. The molecular formula is C28H37NO5. The number of carboxylic acids is 1. The fourth-order valence-corrected chi connectivity index (χ4v) is 4.45. The van der Waals surface area contributed by atoms with E-state index in [0.29, 0.717) is 35.6 Å². The fraction of sp³-hybridized carbons (Fsp3) is 0.500. The van der Waals surface area contributed by atoms with Crippen molar-refractivity contribution >= 4 is 17.6 Å². The number of amides is 1. The molecule has 1 atom stereocenters. The van der Waals surface area contributed by atoms with Crippen LogP contribution in [0.3, 0.4) is 0 Å². The molecule has 0 bridgehead atoms. The van der Waals surface area contributed by atoms with Crippen molar-refractivity contribution in [3.8, 4) is 16.9 Å². The van der Waals surface area contributed by atoms with E-state index in [1.807, 2.05) is 65.8 Å². The summed E-state index contributed by atoms with van der Waals surface area (Å²) in [6, 6.07) is 8.00. The van der Waals surface area contributed by atoms with Crippen molar-refractivity contribution in [3.63, 3.8) is 0 Å². The Kier molecular flexibility index (Phi) is 8.03. The highest BCUT2D eigenvalue weighted by molar-refractivity contribution is 5.96. The zero-order valence-electron chi connectivity index (χ0n) is 21.2. The molecule has 0 aromatic heterocycles. The van der Waals surface area contributed by atoms with Crippen LogP contribution < -0.4 is 10.1 Å². The fourth-order valence-electron chi connectivity index (χ4n) is 4.45. The first-order valence-corrected chi connectivity index (χ1v) is 12.1. The number of rotatable bonds is 4. The van der Waals surface area contributed by atoms with Gasteiger partial charge in [0.05, 0.1) is 17.9 Å². The van der Waals surface area contributed by atoms with Gasteiger partial charge in [-0.25, -0.2) is 4.79 Å². The van der Waals surface area contributed by atoms with E-state index in [2.05, 4.69) is 5.32 Å². The third kappa shape index (κ3) is 5.98. The highest BCUT2D eigenvalue weighted by Gasteiger charge is 2.34. The van der Waals surface area contributed by atoms with E-state index in [1.165, 1.54) is 0 Å². The molecule has 0 spiro atoms. The summed E-state index contributed by atoms with van der Waals surface area (Å²) in [6.07, 6.45) is 2.91. The topological polar surface area (TPSA) is 84.9 Å². The number of hydrogen-bond donors (Lipinski definition) is 2. The Labute approximate surface area is 202 Å². The molecule has 0 saturated carbocycles. The minimum Gasteiger partial charge on any atom is -0.491 e. The highest BCUT2D eigenvalue weighted by atomic mass is 16.5. The van der Waals surface area contributed by atoms with Crippen molar-refractivity contribution in [2.45, 2.75) is 85.4 Å². The van der Waals surface area contributed by atoms with Crippen molar-refractivity contribution in [2.24, 2.45) is 0 Å². The molecule has 1 aliphatic rings. The predicted octanol–water partition coefficient (Wildman–Crippen LogP) is 6.50. The average Bonchev–Trinajstić information content (AvgIpc) is 2.79. The number of ether oxygens (including phenoxy) is 2. The van der Waals surface area contributed by atoms with Gasteiger partial charge in [0.2, 0.25) is 5.91 Å². The van der Waals surface area contributed by atoms with Gasteiger partial charge in [0.1, 0.15) is 5.75 Å². The van der Waals surface area contributed by atoms with Crippen molar-refractivity contribution in [2.75, 3.05) is 11.9 Å². The minimum atomic E-state index is -1.21. The van der Waals surface area contributed by atoms with Crippen LogP contribution in [0.4, 0.5) is 5.69 Å². The van der Waals surface area contributed by atoms with Crippen LogP contribution in [0.15, 0.2) is 24.3 Å². The molecule has 1 heterocycles. The Morgan fingerprint density at radius 1 is 1.03 bits per heavy atom. The smallest absolute Gasteiger partial charge is 0.337 e. The maximum Gasteiger partial charge on any atom is 0.337 e. The average molecular weight is 468 g/mol. The predicted molar refractivity (Wildman–Crippen MR) is 135 cm³/mol. The van der Waals surface area contributed by atoms with Crippen LogP contribution in [-0.2, 0) is 14.3 Å². The Morgan fingerprint density at radius 3 is 2.29 bits per heavy atom. The van der Waals surface area contributed by atoms with Gasteiger partial charge in [-0.3, -0.25) is 4.79 Å². The van der Waals surface area contributed by atoms with Crippen LogP contribution in [0.2, 0.25) is 0 Å². The summed E-state index contributed by atoms with van der Waals surface area (Å²) in [5.74, 6) is -0.562. The quantitative estimate of drug-likeness (QED) is 0.536. The third-order valence-corrected chi connectivity index (χ3v) is 6.10. The van der Waals surface area contributed by atoms with Gasteiger partial charge in [-0.15, -0.1) is 0 Å². The maximum absolute atomic E-state index is 12.8. The van der Waals surface area contributed by atoms with Crippen LogP contribution in [0.1, 0.15) is 81.2 Å². The molecule has 6 nitrogen and oxygen atoms in total. The first-order valence-electron chi connectivity index (χ1n) is 12.1. The van der Waals surface area contributed by atoms with Crippen molar-refractivity contribution < 1.29 is 24.2 Å². The minimum absolute atomic E-state index is 0.0908. The largest absolute Gasteiger partial charge is 0.491 e. The van der Waals surface area contributed by atoms with Crippen molar-refractivity contribution in [3.05, 3.63) is 46.5 Å². The van der Waals surface area contributed by atoms with Crippen LogP contribution in [0, 0.1) is 20.8 Å². The Bertz CT molecular complexity index is 1050. The molecule has 2 aromatic carbocycles. The van der Waals surface area contributed by atoms with Gasteiger partial charge < -0.3 is 19.9 Å². The summed E-state index contributed by atoms with van der Waals surface area (Å²) in [7, 11) is 0. The second-order valence-electron chi connectivity index (χ2n) is 10.1. The van der Waals surface area contributed by atoms with Crippen LogP contribution in [0.5, 0.6) is 5.75 Å². The zero-order chi connectivity index (χ0) is 25.0. The highest BCUT2D eigenvalue weighted by Crippen LogP contribution is 2.46.